The number of alkyl halides is 3. The summed E-state index contributed by atoms with van der Waals surface area (Å²) in [5.74, 6) is 0.149. The Morgan fingerprint density at radius 3 is 2.56 bits per heavy atom. The Balaban J connectivity index is 1.30. The van der Waals surface area contributed by atoms with Crippen LogP contribution in [0.2, 0.25) is 5.15 Å². The molecule has 6 rings (SSSR count). The smallest absolute Gasteiger partial charge is 0.420 e. The number of amides is 1. The van der Waals surface area contributed by atoms with Crippen molar-refractivity contribution in [2.24, 2.45) is 0 Å². The number of rotatable bonds is 3. The number of pyridine rings is 1. The second-order valence-corrected chi connectivity index (χ2v) is 8.74. The van der Waals surface area contributed by atoms with Gasteiger partial charge in [-0.3, -0.25) is 9.20 Å². The van der Waals surface area contributed by atoms with Gasteiger partial charge in [0, 0.05) is 43.5 Å². The summed E-state index contributed by atoms with van der Waals surface area (Å²) >= 11 is 6.43. The van der Waals surface area contributed by atoms with Crippen molar-refractivity contribution in [3.8, 4) is 11.1 Å². The molecule has 5 aromatic rings. The summed E-state index contributed by atoms with van der Waals surface area (Å²) in [6.45, 7) is 1.56. The molecule has 0 N–H and O–H groups in total. The van der Waals surface area contributed by atoms with Crippen LogP contribution in [0.5, 0.6) is 0 Å². The van der Waals surface area contributed by atoms with Crippen molar-refractivity contribution < 1.29 is 26.9 Å². The van der Waals surface area contributed by atoms with Gasteiger partial charge in [0.2, 0.25) is 0 Å². The second kappa shape index (κ2) is 8.30. The Hall–Kier alpha value is -3.99. The minimum Gasteiger partial charge on any atom is -0.472 e. The lowest BCUT2D eigenvalue weighted by atomic mass is 10.1. The molecule has 12 heteroatoms. The van der Waals surface area contributed by atoms with Crippen molar-refractivity contribution in [2.75, 3.05) is 31.1 Å². The van der Waals surface area contributed by atoms with Gasteiger partial charge in [-0.15, -0.1) is 0 Å². The highest BCUT2D eigenvalue weighted by atomic mass is 35.5. The predicted molar refractivity (Wildman–Crippen MR) is 125 cm³/mol. The van der Waals surface area contributed by atoms with E-state index in [4.69, 9.17) is 20.5 Å². The number of carbonyl (C=O) groups excluding carboxylic acids is 1. The third-order valence-electron chi connectivity index (χ3n) is 6.25. The van der Waals surface area contributed by atoms with E-state index in [1.165, 1.54) is 29.7 Å². The number of nitrogens with zero attached hydrogens (tertiary/aromatic N) is 5. The summed E-state index contributed by atoms with van der Waals surface area (Å²) in [5, 5.41) is 4.83. The topological polar surface area (TPSA) is 80.0 Å². The fourth-order valence-electron chi connectivity index (χ4n) is 4.42. The lowest BCUT2D eigenvalue weighted by Gasteiger charge is -2.34. The number of hydrogen-bond acceptors (Lipinski definition) is 6. The number of carbonyl (C=O) groups is 1. The summed E-state index contributed by atoms with van der Waals surface area (Å²) in [7, 11) is 0. The molecule has 1 fully saturated rings. The lowest BCUT2D eigenvalue weighted by molar-refractivity contribution is -0.136. The van der Waals surface area contributed by atoms with Crippen LogP contribution < -0.4 is 4.90 Å². The SMILES string of the molecule is O=C(c1nc2c(C(F)(F)F)cc(-c3ccoc3)cn2c1Cl)N1CCN(c2noc3ccccc23)CC1. The van der Waals surface area contributed by atoms with Gasteiger partial charge in [0.25, 0.3) is 5.91 Å². The Morgan fingerprint density at radius 2 is 1.83 bits per heavy atom. The van der Waals surface area contributed by atoms with E-state index in [0.29, 0.717) is 43.1 Å². The van der Waals surface area contributed by atoms with Gasteiger partial charge in [-0.25, -0.2) is 4.98 Å². The van der Waals surface area contributed by atoms with Gasteiger partial charge < -0.3 is 18.7 Å². The molecule has 4 aromatic heterocycles. The maximum atomic E-state index is 13.9. The molecule has 1 saturated heterocycles. The van der Waals surface area contributed by atoms with Crippen LogP contribution in [0.4, 0.5) is 19.0 Å². The van der Waals surface area contributed by atoms with E-state index in [-0.39, 0.29) is 16.4 Å². The number of halogens is 4. The van der Waals surface area contributed by atoms with Crippen molar-refractivity contribution >= 4 is 39.9 Å². The van der Waals surface area contributed by atoms with E-state index in [0.717, 1.165) is 15.9 Å². The molecule has 5 heterocycles. The molecule has 184 valence electrons. The number of furan rings is 1. The predicted octanol–water partition coefficient (Wildman–Crippen LogP) is 5.37. The maximum Gasteiger partial charge on any atom is 0.420 e. The van der Waals surface area contributed by atoms with E-state index in [2.05, 4.69) is 10.1 Å². The van der Waals surface area contributed by atoms with Crippen molar-refractivity contribution in [1.82, 2.24) is 19.4 Å². The summed E-state index contributed by atoms with van der Waals surface area (Å²) < 4.78 is 53.1. The van der Waals surface area contributed by atoms with Gasteiger partial charge in [0.05, 0.1) is 23.5 Å². The lowest BCUT2D eigenvalue weighted by Crippen LogP contribution is -2.49. The Bertz CT molecular complexity index is 1580. The zero-order chi connectivity index (χ0) is 25.0. The van der Waals surface area contributed by atoms with Gasteiger partial charge in [-0.05, 0) is 24.3 Å². The standard InChI is InChI=1S/C24H17ClF3N5O3/c25-20-19(29-22-17(24(26,27)28)11-15(12-33(20)22)14-5-10-35-13-14)23(34)32-8-6-31(7-9-32)21-16-3-1-2-4-18(16)36-30-21/h1-5,10-13H,6-9H2. The fourth-order valence-corrected chi connectivity index (χ4v) is 4.67. The van der Waals surface area contributed by atoms with E-state index in [9.17, 15) is 18.0 Å². The number of hydrogen-bond donors (Lipinski definition) is 0. The Labute approximate surface area is 206 Å². The van der Waals surface area contributed by atoms with Crippen molar-refractivity contribution in [1.29, 1.82) is 0 Å². The zero-order valence-electron chi connectivity index (χ0n) is 18.5. The largest absolute Gasteiger partial charge is 0.472 e. The molecule has 1 aliphatic heterocycles. The van der Waals surface area contributed by atoms with Crippen LogP contribution in [0.25, 0.3) is 27.7 Å². The summed E-state index contributed by atoms with van der Waals surface area (Å²) in [4.78, 5) is 20.9. The normalized spacial score (nSPS) is 14.8. The van der Waals surface area contributed by atoms with Crippen LogP contribution in [0, 0.1) is 0 Å². The number of anilines is 1. The highest BCUT2D eigenvalue weighted by Gasteiger charge is 2.37. The summed E-state index contributed by atoms with van der Waals surface area (Å²) in [5.41, 5.74) is -0.322. The molecule has 0 aliphatic carbocycles. The van der Waals surface area contributed by atoms with Gasteiger partial charge >= 0.3 is 6.18 Å². The van der Waals surface area contributed by atoms with Crippen molar-refractivity contribution in [2.45, 2.75) is 6.18 Å². The molecule has 0 saturated carbocycles. The molecule has 0 spiro atoms. The van der Waals surface area contributed by atoms with E-state index >= 15 is 0 Å². The zero-order valence-corrected chi connectivity index (χ0v) is 19.3. The van der Waals surface area contributed by atoms with Gasteiger partial charge in [0.1, 0.15) is 5.15 Å². The molecule has 0 atom stereocenters. The Kier molecular flexibility index (Phi) is 5.18. The summed E-state index contributed by atoms with van der Waals surface area (Å²) in [6, 6.07) is 9.99. The summed E-state index contributed by atoms with van der Waals surface area (Å²) in [6.07, 6.45) is -0.605. The minimum absolute atomic E-state index is 0.184. The third-order valence-corrected chi connectivity index (χ3v) is 6.61. The third kappa shape index (κ3) is 3.67. The highest BCUT2D eigenvalue weighted by molar-refractivity contribution is 6.33. The van der Waals surface area contributed by atoms with Crippen LogP contribution >= 0.6 is 11.6 Å². The van der Waals surface area contributed by atoms with Gasteiger partial charge in [0.15, 0.2) is 22.7 Å². The second-order valence-electron chi connectivity index (χ2n) is 8.38. The molecule has 1 amide bonds. The van der Waals surface area contributed by atoms with Gasteiger partial charge in [-0.1, -0.05) is 28.9 Å². The Morgan fingerprint density at radius 1 is 1.06 bits per heavy atom. The van der Waals surface area contributed by atoms with Gasteiger partial charge in [-0.2, -0.15) is 13.2 Å². The number of piperazine rings is 1. The van der Waals surface area contributed by atoms with Crippen LogP contribution in [-0.4, -0.2) is 51.5 Å². The number of imidazole rings is 1. The first-order valence-corrected chi connectivity index (χ1v) is 11.4. The van der Waals surface area contributed by atoms with Crippen LogP contribution in [0.15, 0.2) is 64.1 Å². The number of para-hydroxylation sites is 1. The highest BCUT2D eigenvalue weighted by Crippen LogP contribution is 2.37. The molecule has 1 aliphatic rings. The molecule has 8 nitrogen and oxygen atoms in total. The maximum absolute atomic E-state index is 13.9. The molecule has 0 bridgehead atoms. The molecule has 0 unspecified atom stereocenters. The first kappa shape index (κ1) is 22.5. The first-order chi connectivity index (χ1) is 17.3. The van der Waals surface area contributed by atoms with Crippen LogP contribution in [0.3, 0.4) is 0 Å². The molecule has 1 aromatic carbocycles. The number of fused-ring (bicyclic) bond motifs is 2. The molecular formula is C24H17ClF3N5O3. The first-order valence-electron chi connectivity index (χ1n) is 11.0. The van der Waals surface area contributed by atoms with Crippen LogP contribution in [0.1, 0.15) is 16.1 Å². The number of benzene rings is 1. The molecule has 0 radical (unpaired) electrons. The average molecular weight is 516 g/mol. The monoisotopic (exact) mass is 515 g/mol. The van der Waals surface area contributed by atoms with Crippen molar-refractivity contribution in [3.63, 3.8) is 0 Å². The van der Waals surface area contributed by atoms with E-state index < -0.39 is 23.3 Å². The van der Waals surface area contributed by atoms with Crippen molar-refractivity contribution in [3.05, 3.63) is 71.5 Å². The van der Waals surface area contributed by atoms with E-state index in [1.807, 2.05) is 29.2 Å². The average Bonchev–Trinajstić information content (AvgIpc) is 3.62. The number of aromatic nitrogens is 3. The molecule has 36 heavy (non-hydrogen) atoms. The quantitative estimate of drug-likeness (QED) is 0.321. The fraction of sp³-hybridized carbons (Fsp3) is 0.208. The molecular weight excluding hydrogens is 499 g/mol. The van der Waals surface area contributed by atoms with E-state index in [1.54, 1.807) is 0 Å². The minimum atomic E-state index is -4.71. The van der Waals surface area contributed by atoms with Crippen LogP contribution in [-0.2, 0) is 6.18 Å².